The molecule has 1 unspecified atom stereocenters. The highest BCUT2D eigenvalue weighted by Crippen LogP contribution is 2.49. The van der Waals surface area contributed by atoms with Crippen molar-refractivity contribution >= 4 is 37.2 Å². The number of anilines is 1. The van der Waals surface area contributed by atoms with Gasteiger partial charge in [0.25, 0.3) is 0 Å². The van der Waals surface area contributed by atoms with Crippen LogP contribution in [-0.4, -0.2) is 7.85 Å². The van der Waals surface area contributed by atoms with Gasteiger partial charge in [0.15, 0.2) is 0 Å². The van der Waals surface area contributed by atoms with E-state index in [2.05, 4.69) is 114 Å². The first-order valence-corrected chi connectivity index (χ1v) is 15.2. The molecule has 3 aliphatic carbocycles. The van der Waals surface area contributed by atoms with Crippen LogP contribution in [0.25, 0.3) is 27.8 Å². The van der Waals surface area contributed by atoms with Gasteiger partial charge in [-0.3, -0.25) is 0 Å². The van der Waals surface area contributed by atoms with Crippen LogP contribution in [0, 0.1) is 13.8 Å². The first kappa shape index (κ1) is 26.4. The molecule has 204 valence electrons. The maximum Gasteiger partial charge on any atom is 0.141 e. The molecule has 3 N–H and O–H groups in total. The summed E-state index contributed by atoms with van der Waals surface area (Å²) in [6, 6.07) is 20.3. The zero-order chi connectivity index (χ0) is 28.6. The fraction of sp³-hybridized carbons (Fsp3) is 0.243. The zero-order valence-corrected chi connectivity index (χ0v) is 25.5. The summed E-state index contributed by atoms with van der Waals surface area (Å²) in [5, 5.41) is 3.69. The summed E-state index contributed by atoms with van der Waals surface area (Å²) in [6.45, 7) is 9.10. The van der Waals surface area contributed by atoms with Crippen molar-refractivity contribution in [2.75, 3.05) is 5.32 Å². The summed E-state index contributed by atoms with van der Waals surface area (Å²) in [4.78, 5) is 0.986. The van der Waals surface area contributed by atoms with Crippen molar-refractivity contribution in [3.05, 3.63) is 117 Å². The molecule has 1 atom stereocenters. The molecule has 3 aliphatic rings. The van der Waals surface area contributed by atoms with Gasteiger partial charge in [-0.2, -0.15) is 0 Å². The number of hydrogen-bond donors (Lipinski definition) is 3. The molecule has 0 spiro atoms. The van der Waals surface area contributed by atoms with Gasteiger partial charge in [-0.1, -0.05) is 86.1 Å². The van der Waals surface area contributed by atoms with E-state index < -0.39 is 0 Å². The Hall–Kier alpha value is -3.47. The second kappa shape index (κ2) is 9.54. The summed E-state index contributed by atoms with van der Waals surface area (Å²) in [5.74, 6) is 0. The number of aryl methyl sites for hydroxylation is 1. The van der Waals surface area contributed by atoms with Gasteiger partial charge in [0.05, 0.1) is 5.69 Å². The first-order chi connectivity index (χ1) is 19.7. The van der Waals surface area contributed by atoms with E-state index in [0.717, 1.165) is 35.4 Å². The Morgan fingerprint density at radius 1 is 0.951 bits per heavy atom. The van der Waals surface area contributed by atoms with Crippen LogP contribution < -0.4 is 16.5 Å². The van der Waals surface area contributed by atoms with Crippen LogP contribution in [0.15, 0.2) is 77.7 Å². The van der Waals surface area contributed by atoms with E-state index >= 15 is 0 Å². The third-order valence-corrected chi connectivity index (χ3v) is 10.4. The lowest BCUT2D eigenvalue weighted by atomic mass is 9.82. The van der Waals surface area contributed by atoms with Gasteiger partial charge in [0.1, 0.15) is 14.0 Å². The highest BCUT2D eigenvalue weighted by atomic mass is 32.1. The molecular formula is C37H37BN2S. The Morgan fingerprint density at radius 3 is 2.51 bits per heavy atom. The van der Waals surface area contributed by atoms with Crippen molar-refractivity contribution in [1.82, 2.24) is 0 Å². The van der Waals surface area contributed by atoms with Crippen LogP contribution in [0.5, 0.6) is 0 Å². The van der Waals surface area contributed by atoms with Crippen molar-refractivity contribution < 1.29 is 0 Å². The lowest BCUT2D eigenvalue weighted by Gasteiger charge is -2.25. The lowest BCUT2D eigenvalue weighted by molar-refractivity contribution is 0.657. The first-order valence-electron chi connectivity index (χ1n) is 14.8. The van der Waals surface area contributed by atoms with Crippen LogP contribution in [0.1, 0.15) is 77.4 Å². The molecule has 0 bridgehead atoms. The minimum atomic E-state index is -0.342. The molecule has 4 aromatic rings. The smallest absolute Gasteiger partial charge is 0.141 e. The highest BCUT2D eigenvalue weighted by molar-refractivity contribution is 7.80. The number of hydrogen-bond acceptors (Lipinski definition) is 3. The number of nitrogens with two attached hydrogens (primary N) is 1. The molecule has 0 amide bonds. The van der Waals surface area contributed by atoms with Crippen LogP contribution in [0.3, 0.4) is 0 Å². The monoisotopic (exact) mass is 552 g/mol. The van der Waals surface area contributed by atoms with E-state index in [1.54, 1.807) is 0 Å². The van der Waals surface area contributed by atoms with E-state index in [1.165, 1.54) is 72.2 Å². The van der Waals surface area contributed by atoms with Gasteiger partial charge in [-0.05, 0) is 112 Å². The number of allylic oxidation sites excluding steroid dienone is 4. The fourth-order valence-corrected chi connectivity index (χ4v) is 7.82. The number of rotatable bonds is 4. The summed E-state index contributed by atoms with van der Waals surface area (Å²) >= 11 is 5.09. The molecule has 4 heteroatoms. The largest absolute Gasteiger partial charge is 0.365 e. The Labute approximate surface area is 250 Å². The molecule has 0 fully saturated rings. The van der Waals surface area contributed by atoms with Gasteiger partial charge in [0, 0.05) is 10.3 Å². The third kappa shape index (κ3) is 3.99. The van der Waals surface area contributed by atoms with E-state index in [9.17, 15) is 0 Å². The lowest BCUT2D eigenvalue weighted by Crippen LogP contribution is -2.24. The Bertz CT molecular complexity index is 1830. The van der Waals surface area contributed by atoms with Crippen molar-refractivity contribution in [2.24, 2.45) is 5.73 Å². The highest BCUT2D eigenvalue weighted by Gasteiger charge is 2.35. The summed E-state index contributed by atoms with van der Waals surface area (Å²) in [6.07, 6.45) is 9.55. The molecule has 41 heavy (non-hydrogen) atoms. The summed E-state index contributed by atoms with van der Waals surface area (Å²) in [7, 11) is 2.21. The van der Waals surface area contributed by atoms with Gasteiger partial charge in [-0.15, -0.1) is 12.6 Å². The fourth-order valence-electron chi connectivity index (χ4n) is 7.47. The van der Waals surface area contributed by atoms with Crippen molar-refractivity contribution in [3.63, 3.8) is 0 Å². The SMILES string of the molecule is Bc1c(S)c(NC(N)c2ccc3c(c2)C(C)(C)c2ccccc2-3)c(C)c2c1-c1cc(C3=CC=CCC3)c(C)cc1C2. The van der Waals surface area contributed by atoms with Gasteiger partial charge in [0.2, 0.25) is 0 Å². The quantitative estimate of drug-likeness (QED) is 0.123. The second-order valence-electron chi connectivity index (χ2n) is 12.6. The molecule has 7 rings (SSSR count). The molecule has 4 aromatic carbocycles. The minimum Gasteiger partial charge on any atom is -0.365 e. The maximum absolute atomic E-state index is 6.90. The summed E-state index contributed by atoms with van der Waals surface area (Å²) in [5.41, 5.74) is 26.5. The van der Waals surface area contributed by atoms with Crippen molar-refractivity contribution in [3.8, 4) is 22.3 Å². The summed E-state index contributed by atoms with van der Waals surface area (Å²) < 4.78 is 0. The second-order valence-corrected chi connectivity index (χ2v) is 13.0. The molecule has 0 aliphatic heterocycles. The average molecular weight is 553 g/mol. The van der Waals surface area contributed by atoms with E-state index in [-0.39, 0.29) is 11.6 Å². The molecule has 0 saturated carbocycles. The Morgan fingerprint density at radius 2 is 1.73 bits per heavy atom. The predicted octanol–water partition coefficient (Wildman–Crippen LogP) is 7.53. The maximum atomic E-state index is 6.90. The van der Waals surface area contributed by atoms with Gasteiger partial charge in [-0.25, -0.2) is 0 Å². The van der Waals surface area contributed by atoms with E-state index in [4.69, 9.17) is 18.4 Å². The molecule has 0 radical (unpaired) electrons. The number of nitrogens with one attached hydrogen (secondary N) is 1. The van der Waals surface area contributed by atoms with E-state index in [0.29, 0.717) is 0 Å². The van der Waals surface area contributed by atoms with Crippen molar-refractivity contribution in [2.45, 2.75) is 63.4 Å². The molecular weight excluding hydrogens is 515 g/mol. The topological polar surface area (TPSA) is 38.0 Å². The number of thiol groups is 1. The van der Waals surface area contributed by atoms with Crippen LogP contribution in [0.2, 0.25) is 0 Å². The number of fused-ring (bicyclic) bond motifs is 6. The Balaban J connectivity index is 1.25. The average Bonchev–Trinajstić information content (AvgIpc) is 3.46. The predicted molar refractivity (Wildman–Crippen MR) is 180 cm³/mol. The Kier molecular flexibility index (Phi) is 6.15. The molecule has 0 heterocycles. The van der Waals surface area contributed by atoms with Gasteiger partial charge < -0.3 is 11.1 Å². The third-order valence-electron chi connectivity index (χ3n) is 9.81. The van der Waals surface area contributed by atoms with Crippen molar-refractivity contribution in [1.29, 1.82) is 0 Å². The molecule has 0 saturated heterocycles. The van der Waals surface area contributed by atoms with Gasteiger partial charge >= 0.3 is 0 Å². The normalized spacial score (nSPS) is 16.5. The van der Waals surface area contributed by atoms with Crippen LogP contribution in [-0.2, 0) is 11.8 Å². The molecule has 2 nitrogen and oxygen atoms in total. The zero-order valence-electron chi connectivity index (χ0n) is 24.7. The minimum absolute atomic E-state index is 0.0524. The molecule has 0 aromatic heterocycles. The standard InChI is InChI=1S/C37H37BN2S/c1-20-16-24-17-28-21(2)34(35(41)33(38)32(28)29(24)19-27(20)22-10-6-5-7-11-22)40-36(39)23-14-15-26-25-12-8-9-13-30(25)37(3,4)31(26)18-23/h5-6,8-10,12-16,18-19,36,40-41H,7,11,17,38-39H2,1-4H3. The van der Waals surface area contributed by atoms with Crippen LogP contribution >= 0.6 is 12.6 Å². The number of benzene rings is 4. The van der Waals surface area contributed by atoms with Crippen LogP contribution in [0.4, 0.5) is 5.69 Å². The van der Waals surface area contributed by atoms with E-state index in [1.807, 2.05) is 0 Å².